The lowest BCUT2D eigenvalue weighted by Gasteiger charge is -2.33. The average molecular weight is 440 g/mol. The Hall–Kier alpha value is -1.04. The number of nitrogens with zero attached hydrogens (tertiary/aromatic N) is 1. The highest BCUT2D eigenvalue weighted by Gasteiger charge is 2.20. The van der Waals surface area contributed by atoms with E-state index in [1.165, 1.54) is 5.69 Å². The van der Waals surface area contributed by atoms with E-state index in [4.69, 9.17) is 0 Å². The molecule has 1 aliphatic heterocycles. The van der Waals surface area contributed by atoms with Crippen LogP contribution in [0.5, 0.6) is 5.75 Å². The summed E-state index contributed by atoms with van der Waals surface area (Å²) in [5, 5.41) is 13.6. The molecule has 3 nitrogen and oxygen atoms in total. The Morgan fingerprint density at radius 3 is 2.52 bits per heavy atom. The van der Waals surface area contributed by atoms with E-state index in [2.05, 4.69) is 60.3 Å². The topological polar surface area (TPSA) is 35.5 Å². The van der Waals surface area contributed by atoms with Gasteiger partial charge in [-0.3, -0.25) is 4.90 Å². The Balaban J connectivity index is 1.53. The monoisotopic (exact) mass is 438 g/mol. The SMILES string of the molecule is Oc1ccc(Br)cc1CN1CCC(Nc2cccc(Br)c2)CC1. The summed E-state index contributed by atoms with van der Waals surface area (Å²) in [7, 11) is 0. The van der Waals surface area contributed by atoms with Gasteiger partial charge in [-0.2, -0.15) is 0 Å². The fourth-order valence-electron chi connectivity index (χ4n) is 2.97. The van der Waals surface area contributed by atoms with Gasteiger partial charge in [-0.05, 0) is 49.2 Å². The molecule has 3 rings (SSSR count). The van der Waals surface area contributed by atoms with E-state index in [9.17, 15) is 5.11 Å². The fourth-order valence-corrected chi connectivity index (χ4v) is 3.78. The van der Waals surface area contributed by atoms with Crippen molar-refractivity contribution in [3.05, 3.63) is 57.0 Å². The molecule has 23 heavy (non-hydrogen) atoms. The van der Waals surface area contributed by atoms with Crippen LogP contribution in [0.4, 0.5) is 5.69 Å². The van der Waals surface area contributed by atoms with Crippen LogP contribution >= 0.6 is 31.9 Å². The highest BCUT2D eigenvalue weighted by molar-refractivity contribution is 9.10. The molecule has 2 aromatic rings. The van der Waals surface area contributed by atoms with Crippen LogP contribution in [0, 0.1) is 0 Å². The summed E-state index contributed by atoms with van der Waals surface area (Å²) in [6, 6.07) is 14.4. The van der Waals surface area contributed by atoms with E-state index < -0.39 is 0 Å². The number of nitrogens with one attached hydrogen (secondary N) is 1. The summed E-state index contributed by atoms with van der Waals surface area (Å²) in [6.07, 6.45) is 2.22. The predicted molar refractivity (Wildman–Crippen MR) is 102 cm³/mol. The van der Waals surface area contributed by atoms with E-state index in [0.717, 1.165) is 47.0 Å². The average Bonchev–Trinajstić information content (AvgIpc) is 2.53. The molecule has 2 N–H and O–H groups in total. The minimum atomic E-state index is 0.377. The number of anilines is 1. The van der Waals surface area contributed by atoms with Crippen molar-refractivity contribution in [2.75, 3.05) is 18.4 Å². The molecule has 1 fully saturated rings. The van der Waals surface area contributed by atoms with E-state index in [0.29, 0.717) is 11.8 Å². The van der Waals surface area contributed by atoms with Gasteiger partial charge >= 0.3 is 0 Å². The summed E-state index contributed by atoms with van der Waals surface area (Å²) in [4.78, 5) is 2.40. The largest absolute Gasteiger partial charge is 0.508 e. The summed E-state index contributed by atoms with van der Waals surface area (Å²) in [5.41, 5.74) is 2.15. The Kier molecular flexibility index (Phi) is 5.62. The number of phenols is 1. The zero-order valence-corrected chi connectivity index (χ0v) is 16.0. The highest BCUT2D eigenvalue weighted by atomic mass is 79.9. The van der Waals surface area contributed by atoms with Crippen LogP contribution < -0.4 is 5.32 Å². The molecule has 5 heteroatoms. The van der Waals surface area contributed by atoms with Crippen molar-refractivity contribution in [2.24, 2.45) is 0 Å². The van der Waals surface area contributed by atoms with E-state index in [-0.39, 0.29) is 0 Å². The summed E-state index contributed by atoms with van der Waals surface area (Å²) >= 11 is 6.98. The second-order valence-corrected chi connectivity index (χ2v) is 7.81. The minimum Gasteiger partial charge on any atom is -0.508 e. The maximum atomic E-state index is 9.97. The van der Waals surface area contributed by atoms with Gasteiger partial charge < -0.3 is 10.4 Å². The molecule has 0 spiro atoms. The van der Waals surface area contributed by atoms with Crippen molar-refractivity contribution < 1.29 is 5.11 Å². The van der Waals surface area contributed by atoms with Gasteiger partial charge in [0.1, 0.15) is 5.75 Å². The maximum Gasteiger partial charge on any atom is 0.120 e. The fraction of sp³-hybridized carbons (Fsp3) is 0.333. The van der Waals surface area contributed by atoms with Gasteiger partial charge in [0.25, 0.3) is 0 Å². The molecule has 2 aromatic carbocycles. The number of benzene rings is 2. The van der Waals surface area contributed by atoms with Crippen molar-refractivity contribution in [3.63, 3.8) is 0 Å². The Labute approximate surface area is 154 Å². The molecule has 0 bridgehead atoms. The molecule has 0 aliphatic carbocycles. The van der Waals surface area contributed by atoms with Crippen LogP contribution in [0.1, 0.15) is 18.4 Å². The summed E-state index contributed by atoms with van der Waals surface area (Å²) in [6.45, 7) is 2.88. The molecule has 0 radical (unpaired) electrons. The normalized spacial score (nSPS) is 16.4. The third-order valence-corrected chi connectivity index (χ3v) is 5.20. The van der Waals surface area contributed by atoms with Crippen molar-refractivity contribution in [3.8, 4) is 5.75 Å². The molecule has 0 saturated carbocycles. The second-order valence-electron chi connectivity index (χ2n) is 5.98. The van der Waals surface area contributed by atoms with E-state index >= 15 is 0 Å². The lowest BCUT2D eigenvalue weighted by molar-refractivity contribution is 0.209. The second kappa shape index (κ2) is 7.69. The Morgan fingerprint density at radius 1 is 1.04 bits per heavy atom. The van der Waals surface area contributed by atoms with Crippen LogP contribution in [-0.4, -0.2) is 29.1 Å². The van der Waals surface area contributed by atoms with Gasteiger partial charge in [0.05, 0.1) is 0 Å². The molecule has 1 heterocycles. The zero-order chi connectivity index (χ0) is 16.2. The molecule has 0 unspecified atom stereocenters. The molecule has 1 saturated heterocycles. The number of halogens is 2. The van der Waals surface area contributed by atoms with Crippen LogP contribution in [0.15, 0.2) is 51.4 Å². The number of hydrogen-bond donors (Lipinski definition) is 2. The van der Waals surface area contributed by atoms with Gasteiger partial charge in [-0.15, -0.1) is 0 Å². The number of hydrogen-bond acceptors (Lipinski definition) is 3. The van der Waals surface area contributed by atoms with Crippen molar-refractivity contribution in [1.29, 1.82) is 0 Å². The molecule has 0 aromatic heterocycles. The molecule has 0 atom stereocenters. The van der Waals surface area contributed by atoms with Crippen molar-refractivity contribution in [1.82, 2.24) is 4.90 Å². The van der Waals surface area contributed by atoms with Crippen molar-refractivity contribution in [2.45, 2.75) is 25.4 Å². The summed E-state index contributed by atoms with van der Waals surface area (Å²) in [5.74, 6) is 0.377. The van der Waals surface area contributed by atoms with Crippen LogP contribution in [0.25, 0.3) is 0 Å². The molecular weight excluding hydrogens is 420 g/mol. The first-order chi connectivity index (χ1) is 11.1. The minimum absolute atomic E-state index is 0.377. The molecule has 122 valence electrons. The lowest BCUT2D eigenvalue weighted by Crippen LogP contribution is -2.38. The standard InChI is InChI=1S/C18H20Br2N2O/c19-14-2-1-3-17(11-14)21-16-6-8-22(9-7-16)12-13-10-15(20)4-5-18(13)23/h1-5,10-11,16,21,23H,6-9,12H2. The van der Waals surface area contributed by atoms with Gasteiger partial charge in [0.2, 0.25) is 0 Å². The predicted octanol–water partition coefficient (Wildman–Crippen LogP) is 4.99. The first-order valence-electron chi connectivity index (χ1n) is 7.82. The van der Waals surface area contributed by atoms with Gasteiger partial charge in [0.15, 0.2) is 0 Å². The third-order valence-electron chi connectivity index (χ3n) is 4.22. The van der Waals surface area contributed by atoms with Crippen LogP contribution in [0.3, 0.4) is 0 Å². The third kappa shape index (κ3) is 4.72. The number of rotatable bonds is 4. The smallest absolute Gasteiger partial charge is 0.120 e. The molecular formula is C18H20Br2N2O. The Bertz CT molecular complexity index is 670. The number of likely N-dealkylation sites (tertiary alicyclic amines) is 1. The van der Waals surface area contributed by atoms with Gasteiger partial charge in [-0.25, -0.2) is 0 Å². The van der Waals surface area contributed by atoms with Crippen LogP contribution in [0.2, 0.25) is 0 Å². The van der Waals surface area contributed by atoms with Gasteiger partial charge in [0, 0.05) is 45.9 Å². The first-order valence-corrected chi connectivity index (χ1v) is 9.40. The molecule has 1 aliphatic rings. The maximum absolute atomic E-state index is 9.97. The molecule has 0 amide bonds. The zero-order valence-electron chi connectivity index (χ0n) is 12.8. The lowest BCUT2D eigenvalue weighted by atomic mass is 10.0. The quantitative estimate of drug-likeness (QED) is 0.703. The van der Waals surface area contributed by atoms with Gasteiger partial charge in [-0.1, -0.05) is 37.9 Å². The number of aromatic hydroxyl groups is 1. The van der Waals surface area contributed by atoms with Crippen molar-refractivity contribution >= 4 is 37.5 Å². The number of phenolic OH excluding ortho intramolecular Hbond substituents is 1. The summed E-state index contributed by atoms with van der Waals surface area (Å²) < 4.78 is 2.11. The van der Waals surface area contributed by atoms with E-state index in [1.807, 2.05) is 18.2 Å². The Morgan fingerprint density at radius 2 is 1.78 bits per heavy atom. The van der Waals surface area contributed by atoms with Crippen LogP contribution in [-0.2, 0) is 6.54 Å². The highest BCUT2D eigenvalue weighted by Crippen LogP contribution is 2.25. The number of piperidine rings is 1. The first kappa shape index (κ1) is 16.8. The van der Waals surface area contributed by atoms with E-state index in [1.54, 1.807) is 6.07 Å².